The van der Waals surface area contributed by atoms with E-state index in [0.29, 0.717) is 50.5 Å². The average molecular weight is 701 g/mol. The van der Waals surface area contributed by atoms with Crippen molar-refractivity contribution in [1.29, 1.82) is 0 Å². The number of allylic oxidation sites excluding steroid dienone is 4. The summed E-state index contributed by atoms with van der Waals surface area (Å²) in [5.41, 5.74) is 6.62. The molecule has 266 valence electrons. The van der Waals surface area contributed by atoms with Crippen molar-refractivity contribution < 1.29 is 27.5 Å². The third kappa shape index (κ3) is 5.20. The van der Waals surface area contributed by atoms with Gasteiger partial charge in [-0.25, -0.2) is 13.1 Å². The highest BCUT2D eigenvalue weighted by Gasteiger charge is 2.50. The molecule has 2 saturated heterocycles. The zero-order chi connectivity index (χ0) is 34.3. The fraction of sp³-hybridized carbons (Fsp3) is 0.590. The average Bonchev–Trinajstić information content (AvgIpc) is 3.38. The van der Waals surface area contributed by atoms with E-state index in [1.165, 1.54) is 24.8 Å². The minimum atomic E-state index is -3.79. The van der Waals surface area contributed by atoms with Gasteiger partial charge in [-0.1, -0.05) is 50.3 Å². The zero-order valence-electron chi connectivity index (χ0n) is 29.2. The van der Waals surface area contributed by atoms with Crippen molar-refractivity contribution in [2.75, 3.05) is 40.5 Å². The van der Waals surface area contributed by atoms with Crippen LogP contribution in [0, 0.1) is 5.92 Å². The van der Waals surface area contributed by atoms with Gasteiger partial charge in [-0.05, 0) is 79.5 Å². The fourth-order valence-corrected chi connectivity index (χ4v) is 11.9. The van der Waals surface area contributed by atoms with Gasteiger partial charge >= 0.3 is 0 Å². The molecule has 0 spiro atoms. The molecule has 11 heteroatoms. The maximum atomic E-state index is 15.0. The van der Waals surface area contributed by atoms with Gasteiger partial charge in [0, 0.05) is 36.6 Å². The SMILES string of the molecule is COc1ccc(C2CCCCC2)c2c1cc1n2CC2=C(C(=O)NS(=O)(=O)C3CCCC3)C2=C2C=CC[C@@H](C(=O)N3[C@@H]4COC[C@H]3CN(C)C4)C21. The van der Waals surface area contributed by atoms with Crippen LogP contribution in [-0.4, -0.2) is 92.4 Å². The molecule has 4 fully saturated rings. The smallest absolute Gasteiger partial charge is 0.265 e. The molecule has 10 nitrogen and oxygen atoms in total. The summed E-state index contributed by atoms with van der Waals surface area (Å²) in [6.45, 7) is 3.06. The highest BCUT2D eigenvalue weighted by atomic mass is 32.2. The summed E-state index contributed by atoms with van der Waals surface area (Å²) < 4.78 is 43.4. The molecule has 7 aliphatic rings. The fourth-order valence-electron chi connectivity index (χ4n) is 10.4. The lowest BCUT2D eigenvalue weighted by atomic mass is 9.75. The third-order valence-corrected chi connectivity index (χ3v) is 14.5. The topological polar surface area (TPSA) is 110 Å². The van der Waals surface area contributed by atoms with Crippen LogP contribution in [0.15, 0.2) is 52.6 Å². The lowest BCUT2D eigenvalue weighted by Crippen LogP contribution is -2.66. The molecule has 4 atom stereocenters. The van der Waals surface area contributed by atoms with Crippen molar-refractivity contribution in [3.05, 3.63) is 63.9 Å². The minimum Gasteiger partial charge on any atom is -0.496 e. The number of hydrogen-bond donors (Lipinski definition) is 1. The molecule has 2 amide bonds. The van der Waals surface area contributed by atoms with E-state index in [1.807, 2.05) is 0 Å². The van der Waals surface area contributed by atoms with Gasteiger partial charge < -0.3 is 23.8 Å². The Balaban J connectivity index is 1.19. The van der Waals surface area contributed by atoms with Crippen molar-refractivity contribution in [1.82, 2.24) is 19.1 Å². The Kier molecular flexibility index (Phi) is 8.04. The summed E-state index contributed by atoms with van der Waals surface area (Å²) in [6, 6.07) is 6.55. The van der Waals surface area contributed by atoms with Crippen molar-refractivity contribution in [2.45, 2.75) is 99.9 Å². The van der Waals surface area contributed by atoms with E-state index in [1.54, 1.807) is 7.11 Å². The second-order valence-corrected chi connectivity index (χ2v) is 17.7. The summed E-state index contributed by atoms with van der Waals surface area (Å²) >= 11 is 0. The van der Waals surface area contributed by atoms with E-state index in [2.05, 4.69) is 56.5 Å². The maximum absolute atomic E-state index is 15.0. The number of carbonyl (C=O) groups is 2. The Hall–Kier alpha value is -3.41. The Bertz CT molecular complexity index is 1950. The van der Waals surface area contributed by atoms with Gasteiger partial charge in [-0.2, -0.15) is 0 Å². The van der Waals surface area contributed by atoms with Crippen LogP contribution in [0.2, 0.25) is 0 Å². The number of ether oxygens (including phenoxy) is 2. The summed E-state index contributed by atoms with van der Waals surface area (Å²) in [6.07, 6.45) is 13.6. The van der Waals surface area contributed by atoms with Gasteiger partial charge in [-0.3, -0.25) is 9.59 Å². The predicted octanol–water partition coefficient (Wildman–Crippen LogP) is 4.91. The number of hydrogen-bond acceptors (Lipinski definition) is 7. The number of nitrogens with zero attached hydrogens (tertiary/aromatic N) is 3. The molecule has 1 N–H and O–H groups in total. The van der Waals surface area contributed by atoms with Gasteiger partial charge in [0.2, 0.25) is 15.9 Å². The van der Waals surface area contributed by atoms with Crippen molar-refractivity contribution >= 4 is 32.7 Å². The molecule has 4 heterocycles. The van der Waals surface area contributed by atoms with Crippen LogP contribution in [0.3, 0.4) is 0 Å². The predicted molar refractivity (Wildman–Crippen MR) is 190 cm³/mol. The molecule has 1 aromatic heterocycles. The van der Waals surface area contributed by atoms with E-state index in [9.17, 15) is 18.0 Å². The zero-order valence-corrected chi connectivity index (χ0v) is 30.0. The summed E-state index contributed by atoms with van der Waals surface area (Å²) in [7, 11) is 0.0347. The monoisotopic (exact) mass is 700 g/mol. The Morgan fingerprint density at radius 2 is 1.70 bits per heavy atom. The highest BCUT2D eigenvalue weighted by Crippen LogP contribution is 2.55. The third-order valence-electron chi connectivity index (χ3n) is 12.7. The second kappa shape index (κ2) is 12.4. The van der Waals surface area contributed by atoms with E-state index in [4.69, 9.17) is 9.47 Å². The normalized spacial score (nSPS) is 28.7. The number of piperazine rings is 1. The molecule has 0 radical (unpaired) electrons. The molecule has 2 bridgehead atoms. The first-order chi connectivity index (χ1) is 24.2. The van der Waals surface area contributed by atoms with Crippen molar-refractivity contribution in [3.8, 4) is 5.75 Å². The molecule has 9 rings (SSSR count). The molecular formula is C39H48N4O6S. The number of likely N-dealkylation sites (N-methyl/N-ethyl adjacent to an activating group) is 1. The van der Waals surface area contributed by atoms with Crippen LogP contribution in [0.4, 0.5) is 0 Å². The first kappa shape index (κ1) is 32.5. The lowest BCUT2D eigenvalue weighted by molar-refractivity contribution is -0.159. The molecule has 2 aromatic rings. The van der Waals surface area contributed by atoms with Crippen LogP contribution in [0.5, 0.6) is 5.75 Å². The number of aromatic nitrogens is 1. The Morgan fingerprint density at radius 1 is 0.980 bits per heavy atom. The molecule has 3 aliphatic heterocycles. The number of nitrogens with one attached hydrogen (secondary N) is 1. The van der Waals surface area contributed by atoms with Crippen LogP contribution in [-0.2, 0) is 30.9 Å². The lowest BCUT2D eigenvalue weighted by Gasteiger charge is -2.50. The summed E-state index contributed by atoms with van der Waals surface area (Å²) in [5, 5.41) is 0.509. The largest absolute Gasteiger partial charge is 0.496 e. The van der Waals surface area contributed by atoms with E-state index >= 15 is 0 Å². The Labute approximate surface area is 294 Å². The van der Waals surface area contributed by atoms with Crippen molar-refractivity contribution in [3.63, 3.8) is 0 Å². The minimum absolute atomic E-state index is 0.00612. The van der Waals surface area contributed by atoms with Crippen molar-refractivity contribution in [2.24, 2.45) is 5.92 Å². The van der Waals surface area contributed by atoms with Crippen LogP contribution >= 0.6 is 0 Å². The number of sulfonamides is 1. The highest BCUT2D eigenvalue weighted by molar-refractivity contribution is 7.90. The molecule has 2 saturated carbocycles. The van der Waals surface area contributed by atoms with Gasteiger partial charge in [0.25, 0.3) is 5.91 Å². The van der Waals surface area contributed by atoms with Crippen LogP contribution < -0.4 is 9.46 Å². The standard InChI is InChI=1S/C39H48N4O6S/c1-41-18-24-21-49-22-25(19-41)43(24)39(45)29-14-8-13-28-34(29)32-17-30-33(48-2)16-15-27(23-9-4-3-5-10-23)37(30)42(32)20-31-35(28)36(31)38(44)40-50(46,47)26-11-6-7-12-26/h8,13,15-17,23-26,29,34H,3-7,9-12,14,18-22H2,1-2H3,(H,40,44)/t24-,25+,29-,34?/m1/s1. The van der Waals surface area contributed by atoms with E-state index < -0.39 is 21.2 Å². The van der Waals surface area contributed by atoms with Crippen LogP contribution in [0.25, 0.3) is 10.9 Å². The molecule has 1 aromatic carbocycles. The number of benzene rings is 1. The maximum Gasteiger partial charge on any atom is 0.265 e. The number of carbonyl (C=O) groups excluding carboxylic acids is 2. The van der Waals surface area contributed by atoms with Gasteiger partial charge in [-0.15, -0.1) is 0 Å². The summed E-state index contributed by atoms with van der Waals surface area (Å²) in [4.78, 5) is 33.3. The van der Waals surface area contributed by atoms with Gasteiger partial charge in [0.05, 0.1) is 54.7 Å². The van der Waals surface area contributed by atoms with Gasteiger partial charge in [0.1, 0.15) is 5.75 Å². The van der Waals surface area contributed by atoms with Gasteiger partial charge in [0.15, 0.2) is 0 Å². The first-order valence-electron chi connectivity index (χ1n) is 18.7. The number of rotatable bonds is 6. The van der Waals surface area contributed by atoms with E-state index in [0.717, 1.165) is 77.8 Å². The second-order valence-electron chi connectivity index (χ2n) is 15.7. The Morgan fingerprint density at radius 3 is 2.42 bits per heavy atom. The molecular weight excluding hydrogens is 653 g/mol. The number of morpholine rings is 1. The molecule has 50 heavy (non-hydrogen) atoms. The first-order valence-corrected chi connectivity index (χ1v) is 20.3. The quantitative estimate of drug-likeness (QED) is 0.457. The number of methoxy groups -OCH3 is 1. The number of amides is 2. The van der Waals surface area contributed by atoms with Crippen LogP contribution in [0.1, 0.15) is 87.3 Å². The number of fused-ring (bicyclic) bond motifs is 8. The summed E-state index contributed by atoms with van der Waals surface area (Å²) in [5.74, 6) is 0.162. The van der Waals surface area contributed by atoms with E-state index in [-0.39, 0.29) is 29.8 Å². The molecule has 4 aliphatic carbocycles. The molecule has 1 unspecified atom stereocenters.